The number of benzene rings is 1. The zero-order valence-electron chi connectivity index (χ0n) is 11.4. The van der Waals surface area contributed by atoms with Crippen molar-refractivity contribution in [2.24, 2.45) is 0 Å². The Morgan fingerprint density at radius 2 is 2.10 bits per heavy atom. The average Bonchev–Trinajstić information content (AvgIpc) is 2.82. The first-order chi connectivity index (χ1) is 9.61. The predicted octanol–water partition coefficient (Wildman–Crippen LogP) is 5.17. The lowest BCUT2D eigenvalue weighted by Crippen LogP contribution is -2.33. The second-order valence-corrected chi connectivity index (χ2v) is 6.24. The highest BCUT2D eigenvalue weighted by molar-refractivity contribution is 7.10. The normalized spacial score (nSPS) is 14.0. The van der Waals surface area contributed by atoms with E-state index in [1.807, 2.05) is 42.6 Å². The maximum atomic E-state index is 6.24. The summed E-state index contributed by atoms with van der Waals surface area (Å²) in [6.07, 6.45) is -0.0513. The van der Waals surface area contributed by atoms with Crippen molar-refractivity contribution in [1.82, 2.24) is 5.32 Å². The number of ether oxygens (including phenoxy) is 1. The van der Waals surface area contributed by atoms with Crippen molar-refractivity contribution in [1.29, 1.82) is 0 Å². The molecule has 0 aliphatic carbocycles. The zero-order chi connectivity index (χ0) is 14.5. The molecule has 2 aromatic rings. The number of halogens is 2. The number of rotatable bonds is 6. The Labute approximate surface area is 133 Å². The molecule has 0 radical (unpaired) electrons. The van der Waals surface area contributed by atoms with Gasteiger partial charge >= 0.3 is 0 Å². The first-order valence-electron chi connectivity index (χ1n) is 6.50. The molecule has 2 atom stereocenters. The predicted molar refractivity (Wildman–Crippen MR) is 87.3 cm³/mol. The minimum Gasteiger partial charge on any atom is -0.489 e. The lowest BCUT2D eigenvalue weighted by atomic mass is 10.1. The highest BCUT2D eigenvalue weighted by atomic mass is 35.5. The molecule has 1 aromatic heterocycles. The van der Waals surface area contributed by atoms with E-state index in [9.17, 15) is 0 Å². The highest BCUT2D eigenvalue weighted by Gasteiger charge is 2.23. The Kier molecular flexibility index (Phi) is 5.73. The van der Waals surface area contributed by atoms with Crippen LogP contribution in [0.15, 0.2) is 35.7 Å². The molecule has 0 aliphatic rings. The maximum Gasteiger partial charge on any atom is 0.121 e. The Bertz CT molecular complexity index is 558. The van der Waals surface area contributed by atoms with Crippen LogP contribution in [-0.4, -0.2) is 12.6 Å². The zero-order valence-corrected chi connectivity index (χ0v) is 13.7. The topological polar surface area (TPSA) is 21.3 Å². The van der Waals surface area contributed by atoms with Gasteiger partial charge < -0.3 is 10.1 Å². The van der Waals surface area contributed by atoms with Crippen LogP contribution in [-0.2, 0) is 0 Å². The van der Waals surface area contributed by atoms with Crippen molar-refractivity contribution in [2.45, 2.75) is 26.0 Å². The van der Waals surface area contributed by atoms with Crippen molar-refractivity contribution in [3.05, 3.63) is 50.6 Å². The van der Waals surface area contributed by atoms with E-state index in [4.69, 9.17) is 27.9 Å². The van der Waals surface area contributed by atoms with E-state index < -0.39 is 0 Å². The van der Waals surface area contributed by atoms with Crippen LogP contribution in [0.2, 0.25) is 10.0 Å². The molecular weight excluding hydrogens is 313 g/mol. The molecule has 0 saturated carbocycles. The third-order valence-electron chi connectivity index (χ3n) is 2.94. The number of thiophene rings is 1. The summed E-state index contributed by atoms with van der Waals surface area (Å²) in [6.45, 7) is 4.95. The highest BCUT2D eigenvalue weighted by Crippen LogP contribution is 2.32. The monoisotopic (exact) mass is 329 g/mol. The van der Waals surface area contributed by atoms with E-state index in [0.717, 1.165) is 22.2 Å². The van der Waals surface area contributed by atoms with Crippen LogP contribution in [0.3, 0.4) is 0 Å². The standard InChI is InChI=1S/C15H17Cl2NOS/c1-3-18-14(15-13(17)7-8-20-15)10(2)19-12-6-4-5-11(16)9-12/h4-10,14,18H,3H2,1-2H3. The van der Waals surface area contributed by atoms with Crippen LogP contribution in [0.1, 0.15) is 24.8 Å². The molecule has 1 heterocycles. The molecule has 0 aliphatic heterocycles. The van der Waals surface area contributed by atoms with E-state index >= 15 is 0 Å². The van der Waals surface area contributed by atoms with E-state index in [-0.39, 0.29) is 12.1 Å². The number of likely N-dealkylation sites (N-methyl/N-ethyl adjacent to an activating group) is 1. The van der Waals surface area contributed by atoms with Gasteiger partial charge in [0.25, 0.3) is 0 Å². The summed E-state index contributed by atoms with van der Waals surface area (Å²) in [4.78, 5) is 1.10. The lowest BCUT2D eigenvalue weighted by molar-refractivity contribution is 0.173. The smallest absolute Gasteiger partial charge is 0.121 e. The summed E-state index contributed by atoms with van der Waals surface area (Å²) in [6, 6.07) is 9.41. The quantitative estimate of drug-likeness (QED) is 0.789. The van der Waals surface area contributed by atoms with Crippen LogP contribution >= 0.6 is 34.5 Å². The van der Waals surface area contributed by atoms with Gasteiger partial charge in [-0.2, -0.15) is 0 Å². The van der Waals surface area contributed by atoms with Crippen LogP contribution in [0, 0.1) is 0 Å². The molecule has 2 unspecified atom stereocenters. The molecule has 2 rings (SSSR count). The Morgan fingerprint density at radius 1 is 1.30 bits per heavy atom. The van der Waals surface area contributed by atoms with Gasteiger partial charge in [0.15, 0.2) is 0 Å². The number of nitrogens with one attached hydrogen (secondary N) is 1. The average molecular weight is 330 g/mol. The van der Waals surface area contributed by atoms with Gasteiger partial charge in [0, 0.05) is 9.90 Å². The van der Waals surface area contributed by atoms with Gasteiger partial charge in [0.1, 0.15) is 11.9 Å². The molecule has 0 bridgehead atoms. The minimum atomic E-state index is -0.0513. The summed E-state index contributed by atoms with van der Waals surface area (Å²) < 4.78 is 5.99. The first kappa shape index (κ1) is 15.6. The number of hydrogen-bond donors (Lipinski definition) is 1. The Morgan fingerprint density at radius 3 is 2.70 bits per heavy atom. The second-order valence-electron chi connectivity index (χ2n) is 4.45. The Hall–Kier alpha value is -0.740. The van der Waals surface area contributed by atoms with Crippen molar-refractivity contribution < 1.29 is 4.74 Å². The summed E-state index contributed by atoms with van der Waals surface area (Å²) in [5.41, 5.74) is 0. The van der Waals surface area contributed by atoms with E-state index in [1.54, 1.807) is 11.3 Å². The number of hydrogen-bond acceptors (Lipinski definition) is 3. The van der Waals surface area contributed by atoms with Crippen molar-refractivity contribution in [3.8, 4) is 5.75 Å². The fraction of sp³-hybridized carbons (Fsp3) is 0.333. The molecule has 1 aromatic carbocycles. The van der Waals surface area contributed by atoms with Gasteiger partial charge in [-0.3, -0.25) is 0 Å². The summed E-state index contributed by atoms with van der Waals surface area (Å²) in [5.74, 6) is 0.764. The molecule has 0 spiro atoms. The summed E-state index contributed by atoms with van der Waals surface area (Å²) in [7, 11) is 0. The minimum absolute atomic E-state index is 0.0513. The molecular formula is C15H17Cl2NOS. The van der Waals surface area contributed by atoms with Gasteiger partial charge in [-0.1, -0.05) is 36.2 Å². The molecule has 0 amide bonds. The van der Waals surface area contributed by atoms with E-state index in [1.165, 1.54) is 0 Å². The van der Waals surface area contributed by atoms with Crippen LogP contribution in [0.5, 0.6) is 5.75 Å². The van der Waals surface area contributed by atoms with Gasteiger partial charge in [-0.25, -0.2) is 0 Å². The molecule has 108 valence electrons. The summed E-state index contributed by atoms with van der Waals surface area (Å²) in [5, 5.41) is 6.87. The molecule has 0 saturated heterocycles. The fourth-order valence-corrected chi connectivity index (χ4v) is 3.56. The van der Waals surface area contributed by atoms with Crippen molar-refractivity contribution in [3.63, 3.8) is 0 Å². The van der Waals surface area contributed by atoms with E-state index in [0.29, 0.717) is 5.02 Å². The second kappa shape index (κ2) is 7.32. The van der Waals surface area contributed by atoms with Gasteiger partial charge in [0.05, 0.1) is 11.1 Å². The van der Waals surface area contributed by atoms with Crippen LogP contribution in [0.25, 0.3) is 0 Å². The van der Waals surface area contributed by atoms with Crippen LogP contribution in [0.4, 0.5) is 0 Å². The Balaban J connectivity index is 2.15. The summed E-state index contributed by atoms with van der Waals surface area (Å²) >= 11 is 13.9. The van der Waals surface area contributed by atoms with Gasteiger partial charge in [0.2, 0.25) is 0 Å². The fourth-order valence-electron chi connectivity index (χ4n) is 2.04. The molecule has 20 heavy (non-hydrogen) atoms. The largest absolute Gasteiger partial charge is 0.489 e. The van der Waals surface area contributed by atoms with Gasteiger partial charge in [-0.05, 0) is 43.1 Å². The van der Waals surface area contributed by atoms with E-state index in [2.05, 4.69) is 12.2 Å². The van der Waals surface area contributed by atoms with Crippen LogP contribution < -0.4 is 10.1 Å². The first-order valence-corrected chi connectivity index (χ1v) is 8.14. The third kappa shape index (κ3) is 3.89. The molecule has 1 N–H and O–H groups in total. The van der Waals surface area contributed by atoms with Crippen molar-refractivity contribution in [2.75, 3.05) is 6.54 Å². The third-order valence-corrected chi connectivity index (χ3v) is 4.62. The molecule has 0 fully saturated rings. The van der Waals surface area contributed by atoms with Crippen molar-refractivity contribution >= 4 is 34.5 Å². The molecule has 5 heteroatoms. The maximum absolute atomic E-state index is 6.24. The SMILES string of the molecule is CCNC(c1sccc1Cl)C(C)Oc1cccc(Cl)c1. The van der Waals surface area contributed by atoms with Gasteiger partial charge in [-0.15, -0.1) is 11.3 Å². The molecule has 2 nitrogen and oxygen atoms in total. The lowest BCUT2D eigenvalue weighted by Gasteiger charge is -2.25.